The predicted octanol–water partition coefficient (Wildman–Crippen LogP) is 1.50. The molecule has 2 aliphatic rings. The second-order valence-corrected chi connectivity index (χ2v) is 6.07. The fourth-order valence-electron chi connectivity index (χ4n) is 3.21. The highest BCUT2D eigenvalue weighted by atomic mass is 16.6. The van der Waals surface area contributed by atoms with Crippen molar-refractivity contribution in [2.24, 2.45) is 0 Å². The Morgan fingerprint density at radius 3 is 2.73 bits per heavy atom. The van der Waals surface area contributed by atoms with Gasteiger partial charge in [-0.05, 0) is 31.4 Å². The van der Waals surface area contributed by atoms with E-state index in [2.05, 4.69) is 0 Å². The molecule has 0 radical (unpaired) electrons. The lowest BCUT2D eigenvalue weighted by molar-refractivity contribution is -0.120. The molecule has 0 aliphatic carbocycles. The maximum atomic E-state index is 12.0. The molecule has 0 aromatic heterocycles. The van der Waals surface area contributed by atoms with Crippen molar-refractivity contribution in [1.29, 1.82) is 0 Å². The summed E-state index contributed by atoms with van der Waals surface area (Å²) in [5.74, 6) is -0.910. The Kier molecular flexibility index (Phi) is 3.97. The number of aromatic hydroxyl groups is 2. The normalized spacial score (nSPS) is 31.5. The van der Waals surface area contributed by atoms with Crippen LogP contribution in [0, 0.1) is 0 Å². The number of rotatable bonds is 2. The van der Waals surface area contributed by atoms with E-state index in [4.69, 9.17) is 9.47 Å². The minimum absolute atomic E-state index is 0.0661. The van der Waals surface area contributed by atoms with E-state index in [-0.39, 0.29) is 35.4 Å². The fraction of sp³-hybridized carbons (Fsp3) is 0.562. The molecule has 0 saturated carbocycles. The zero-order valence-electron chi connectivity index (χ0n) is 12.4. The molecular weight excluding hydrogens is 288 g/mol. The summed E-state index contributed by atoms with van der Waals surface area (Å²) in [5, 5.41) is 29.0. The van der Waals surface area contributed by atoms with Crippen molar-refractivity contribution in [2.45, 2.75) is 57.0 Å². The van der Waals surface area contributed by atoms with Crippen molar-refractivity contribution in [3.8, 4) is 11.5 Å². The monoisotopic (exact) mass is 308 g/mol. The number of phenols is 2. The van der Waals surface area contributed by atoms with Gasteiger partial charge in [-0.2, -0.15) is 0 Å². The van der Waals surface area contributed by atoms with Crippen molar-refractivity contribution < 1.29 is 29.6 Å². The number of carbonyl (C=O) groups is 1. The van der Waals surface area contributed by atoms with E-state index in [0.29, 0.717) is 24.8 Å². The van der Waals surface area contributed by atoms with E-state index >= 15 is 0 Å². The predicted molar refractivity (Wildman–Crippen MR) is 76.9 cm³/mol. The number of carbonyl (C=O) groups excluding carboxylic acids is 1. The van der Waals surface area contributed by atoms with E-state index in [1.54, 1.807) is 0 Å². The summed E-state index contributed by atoms with van der Waals surface area (Å²) < 4.78 is 11.1. The van der Waals surface area contributed by atoms with Crippen LogP contribution in [0.15, 0.2) is 12.1 Å². The van der Waals surface area contributed by atoms with Crippen LogP contribution in [0.3, 0.4) is 0 Å². The molecule has 0 unspecified atom stereocenters. The zero-order chi connectivity index (χ0) is 15.9. The second kappa shape index (κ2) is 5.78. The fourth-order valence-corrected chi connectivity index (χ4v) is 3.21. The molecule has 4 atom stereocenters. The Balaban J connectivity index is 1.71. The number of hydrogen-bond acceptors (Lipinski definition) is 6. The van der Waals surface area contributed by atoms with Crippen LogP contribution < -0.4 is 0 Å². The SMILES string of the molecule is C[C@@H]1O[C@H](C[C@H]2Cc3cc(O)cc(O)c3C(=O)O2)CC[C@H]1O. The average Bonchev–Trinajstić information content (AvgIpc) is 2.41. The van der Waals surface area contributed by atoms with Gasteiger partial charge in [0.05, 0.1) is 18.3 Å². The maximum absolute atomic E-state index is 12.0. The Bertz CT molecular complexity index is 584. The van der Waals surface area contributed by atoms with E-state index in [1.165, 1.54) is 6.07 Å². The molecular formula is C16H20O6. The highest BCUT2D eigenvalue weighted by molar-refractivity contribution is 5.95. The Morgan fingerprint density at radius 1 is 1.23 bits per heavy atom. The van der Waals surface area contributed by atoms with Gasteiger partial charge in [0.2, 0.25) is 0 Å². The van der Waals surface area contributed by atoms with Crippen LogP contribution in [-0.4, -0.2) is 45.7 Å². The highest BCUT2D eigenvalue weighted by Crippen LogP contribution is 2.34. The van der Waals surface area contributed by atoms with Crippen LogP contribution in [0.1, 0.15) is 42.1 Å². The Morgan fingerprint density at radius 2 is 2.00 bits per heavy atom. The molecule has 2 heterocycles. The second-order valence-electron chi connectivity index (χ2n) is 6.07. The van der Waals surface area contributed by atoms with Crippen molar-refractivity contribution >= 4 is 5.97 Å². The number of fused-ring (bicyclic) bond motifs is 1. The summed E-state index contributed by atoms with van der Waals surface area (Å²) >= 11 is 0. The lowest BCUT2D eigenvalue weighted by atomic mass is 9.92. The zero-order valence-corrected chi connectivity index (χ0v) is 12.4. The Hall–Kier alpha value is -1.79. The lowest BCUT2D eigenvalue weighted by Crippen LogP contribution is -2.40. The van der Waals surface area contributed by atoms with E-state index < -0.39 is 12.1 Å². The quantitative estimate of drug-likeness (QED) is 0.717. The maximum Gasteiger partial charge on any atom is 0.342 e. The number of cyclic esters (lactones) is 1. The van der Waals surface area contributed by atoms with Gasteiger partial charge in [-0.3, -0.25) is 0 Å². The van der Waals surface area contributed by atoms with Crippen molar-refractivity contribution in [3.63, 3.8) is 0 Å². The molecule has 1 aromatic carbocycles. The van der Waals surface area contributed by atoms with Gasteiger partial charge in [0.25, 0.3) is 0 Å². The number of aliphatic hydroxyl groups excluding tert-OH is 1. The number of ether oxygens (including phenoxy) is 2. The number of aliphatic hydroxyl groups is 1. The molecule has 2 aliphatic heterocycles. The first-order valence-electron chi connectivity index (χ1n) is 7.53. The van der Waals surface area contributed by atoms with Gasteiger partial charge in [0, 0.05) is 18.9 Å². The number of phenolic OH excluding ortho intramolecular Hbond substituents is 2. The topological polar surface area (TPSA) is 96.2 Å². The van der Waals surface area contributed by atoms with Crippen LogP contribution in [0.4, 0.5) is 0 Å². The van der Waals surface area contributed by atoms with E-state index in [1.807, 2.05) is 6.92 Å². The molecule has 6 heteroatoms. The van der Waals surface area contributed by atoms with Gasteiger partial charge >= 0.3 is 5.97 Å². The summed E-state index contributed by atoms with van der Waals surface area (Å²) in [4.78, 5) is 12.0. The minimum atomic E-state index is -0.576. The molecule has 0 bridgehead atoms. The molecule has 1 aromatic rings. The van der Waals surface area contributed by atoms with Crippen LogP contribution in [0.5, 0.6) is 11.5 Å². The molecule has 0 spiro atoms. The molecule has 120 valence electrons. The number of benzene rings is 1. The van der Waals surface area contributed by atoms with Crippen LogP contribution >= 0.6 is 0 Å². The van der Waals surface area contributed by atoms with Gasteiger partial charge in [-0.1, -0.05) is 0 Å². The van der Waals surface area contributed by atoms with Gasteiger partial charge < -0.3 is 24.8 Å². The first-order valence-corrected chi connectivity index (χ1v) is 7.53. The summed E-state index contributed by atoms with van der Waals surface area (Å²) in [6, 6.07) is 2.62. The molecule has 6 nitrogen and oxygen atoms in total. The van der Waals surface area contributed by atoms with Crippen molar-refractivity contribution in [2.75, 3.05) is 0 Å². The first kappa shape index (κ1) is 15.1. The minimum Gasteiger partial charge on any atom is -0.508 e. The lowest BCUT2D eigenvalue weighted by Gasteiger charge is -2.34. The average molecular weight is 308 g/mol. The molecule has 22 heavy (non-hydrogen) atoms. The van der Waals surface area contributed by atoms with Crippen LogP contribution in [-0.2, 0) is 15.9 Å². The third-order valence-electron chi connectivity index (χ3n) is 4.37. The molecule has 1 fully saturated rings. The van der Waals surface area contributed by atoms with Crippen molar-refractivity contribution in [3.05, 3.63) is 23.3 Å². The highest BCUT2D eigenvalue weighted by Gasteiger charge is 2.34. The molecule has 3 N–H and O–H groups in total. The third-order valence-corrected chi connectivity index (χ3v) is 4.37. The summed E-state index contributed by atoms with van der Waals surface area (Å²) in [6.45, 7) is 1.83. The van der Waals surface area contributed by atoms with Gasteiger partial charge in [-0.15, -0.1) is 0 Å². The van der Waals surface area contributed by atoms with Gasteiger partial charge in [0.15, 0.2) is 0 Å². The smallest absolute Gasteiger partial charge is 0.342 e. The largest absolute Gasteiger partial charge is 0.508 e. The van der Waals surface area contributed by atoms with Crippen LogP contribution in [0.25, 0.3) is 0 Å². The Labute approximate surface area is 128 Å². The third kappa shape index (κ3) is 2.89. The standard InChI is InChI=1S/C16H20O6/c1-8-13(18)3-2-11(21-8)7-12-5-9-4-10(17)6-14(19)15(9)16(20)22-12/h4,6,8,11-13,17-19H,2-3,5,7H2,1H3/t8-,11-,12+,13+/m0/s1. The van der Waals surface area contributed by atoms with E-state index in [0.717, 1.165) is 12.5 Å². The van der Waals surface area contributed by atoms with Crippen molar-refractivity contribution in [1.82, 2.24) is 0 Å². The van der Waals surface area contributed by atoms with Crippen LogP contribution in [0.2, 0.25) is 0 Å². The molecule has 0 amide bonds. The van der Waals surface area contributed by atoms with Gasteiger partial charge in [-0.25, -0.2) is 4.79 Å². The molecule has 1 saturated heterocycles. The summed E-state index contributed by atoms with van der Waals surface area (Å²) in [5.41, 5.74) is 0.713. The number of hydrogen-bond donors (Lipinski definition) is 3. The summed E-state index contributed by atoms with van der Waals surface area (Å²) in [7, 11) is 0. The molecule has 3 rings (SSSR count). The van der Waals surface area contributed by atoms with Gasteiger partial charge in [0.1, 0.15) is 23.2 Å². The van der Waals surface area contributed by atoms with E-state index in [9.17, 15) is 20.1 Å². The summed E-state index contributed by atoms with van der Waals surface area (Å²) in [6.07, 6.45) is 1.27. The number of esters is 1. The first-order chi connectivity index (χ1) is 10.4.